The summed E-state index contributed by atoms with van der Waals surface area (Å²) in [5.74, 6) is 0.111. The van der Waals surface area contributed by atoms with Crippen LogP contribution in [0, 0.1) is 5.92 Å². The number of ketones is 1. The van der Waals surface area contributed by atoms with E-state index in [0.29, 0.717) is 24.4 Å². The zero-order valence-corrected chi connectivity index (χ0v) is 23.7. The minimum Gasteiger partial charge on any atom is -1.00 e. The fourth-order valence-electron chi connectivity index (χ4n) is 3.56. The molecular formula is C28H56LiNO3. The molecule has 0 bridgehead atoms. The summed E-state index contributed by atoms with van der Waals surface area (Å²) in [6.07, 6.45) is 13.5. The van der Waals surface area contributed by atoms with Crippen LogP contribution in [0.2, 0.25) is 0 Å². The number of carbonyl (C=O) groups is 2. The summed E-state index contributed by atoms with van der Waals surface area (Å²) >= 11 is 0. The smallest absolute Gasteiger partial charge is 1.00 e. The predicted octanol–water partition coefficient (Wildman–Crippen LogP) is 4.91. The van der Waals surface area contributed by atoms with E-state index in [4.69, 9.17) is 4.74 Å². The normalized spacial score (nSPS) is 11.9. The zero-order valence-electron chi connectivity index (χ0n) is 24.7. The van der Waals surface area contributed by atoms with E-state index in [2.05, 4.69) is 53.4 Å². The van der Waals surface area contributed by atoms with Gasteiger partial charge >= 0.3 is 24.8 Å². The van der Waals surface area contributed by atoms with E-state index >= 15 is 0 Å². The van der Waals surface area contributed by atoms with Crippen LogP contribution in [0.1, 0.15) is 134 Å². The molecule has 0 aromatic carbocycles. The first-order valence-electron chi connectivity index (χ1n) is 13.1. The first-order chi connectivity index (χ1) is 14.9. The van der Waals surface area contributed by atoms with E-state index in [0.717, 1.165) is 32.1 Å². The van der Waals surface area contributed by atoms with Crippen LogP contribution >= 0.6 is 0 Å². The van der Waals surface area contributed by atoms with E-state index in [-0.39, 0.29) is 38.5 Å². The number of nitrogens with one attached hydrogen (secondary N) is 1. The topological polar surface area (TPSA) is 55.4 Å². The summed E-state index contributed by atoms with van der Waals surface area (Å²) in [6.45, 7) is 20.6. The summed E-state index contributed by atoms with van der Waals surface area (Å²) in [5, 5.41) is 3.31. The Kier molecular flexibility index (Phi) is 26.0. The summed E-state index contributed by atoms with van der Waals surface area (Å²) in [4.78, 5) is 23.9. The van der Waals surface area contributed by atoms with Crippen LogP contribution in [0.3, 0.4) is 0 Å². The van der Waals surface area contributed by atoms with Gasteiger partial charge in [-0.05, 0) is 45.4 Å². The number of rotatable bonds is 18. The molecule has 0 fully saturated rings. The maximum Gasteiger partial charge on any atom is 1.00 e. The SMILES string of the molecule is C=CC(C)CCCC(C)(C)OC(=O)CC(=O)CCCCCCCCC.CC(C)NC(C)C.[H-].[Li+]. The van der Waals surface area contributed by atoms with Gasteiger partial charge in [-0.2, -0.15) is 0 Å². The second-order valence-corrected chi connectivity index (χ2v) is 10.4. The van der Waals surface area contributed by atoms with E-state index in [1.54, 1.807) is 0 Å². The van der Waals surface area contributed by atoms with Crippen molar-refractivity contribution in [3.8, 4) is 0 Å². The second kappa shape index (κ2) is 23.2. The standard InChI is InChI=1S/C22H40O3.C6H15N.Li.H/c1-6-8-9-10-11-12-13-16-20(23)18-21(24)25-22(4,5)17-14-15-19(3)7-2;1-5(2)7-6(3)4;;/h7,19H,2,6,8-18H2,1,3-5H3;5-7H,1-4H3;;/q;;+1;-1. The minimum absolute atomic E-state index is 0. The van der Waals surface area contributed by atoms with Gasteiger partial charge in [0.25, 0.3) is 0 Å². The number of ether oxygens (including phenoxy) is 1. The molecule has 0 spiro atoms. The fraction of sp³-hybridized carbons (Fsp3) is 0.857. The third-order valence-electron chi connectivity index (χ3n) is 5.30. The molecule has 5 heteroatoms. The molecule has 0 saturated heterocycles. The maximum absolute atomic E-state index is 12.0. The van der Waals surface area contributed by atoms with Crippen molar-refractivity contribution in [2.75, 3.05) is 0 Å². The van der Waals surface area contributed by atoms with Crippen molar-refractivity contribution in [3.63, 3.8) is 0 Å². The van der Waals surface area contributed by atoms with Gasteiger partial charge in [-0.3, -0.25) is 9.59 Å². The average Bonchev–Trinajstić information content (AvgIpc) is 2.65. The Morgan fingerprint density at radius 3 is 1.91 bits per heavy atom. The van der Waals surface area contributed by atoms with Crippen molar-refractivity contribution < 1.29 is 34.6 Å². The van der Waals surface area contributed by atoms with Crippen LogP contribution in [0.4, 0.5) is 0 Å². The molecule has 1 N–H and O–H groups in total. The van der Waals surface area contributed by atoms with Gasteiger partial charge in [0, 0.05) is 18.5 Å². The number of hydrogen-bond acceptors (Lipinski definition) is 4. The van der Waals surface area contributed by atoms with Gasteiger partial charge < -0.3 is 11.5 Å². The van der Waals surface area contributed by atoms with Crippen LogP contribution in [0.5, 0.6) is 0 Å². The van der Waals surface area contributed by atoms with E-state index < -0.39 is 5.60 Å². The van der Waals surface area contributed by atoms with E-state index in [1.807, 2.05) is 19.9 Å². The molecule has 0 aliphatic rings. The molecule has 0 rings (SSSR count). The van der Waals surface area contributed by atoms with Crippen LogP contribution in [0.25, 0.3) is 0 Å². The van der Waals surface area contributed by atoms with Gasteiger partial charge in [0.2, 0.25) is 0 Å². The van der Waals surface area contributed by atoms with Crippen molar-refractivity contribution in [2.45, 2.75) is 150 Å². The second-order valence-electron chi connectivity index (χ2n) is 10.4. The molecule has 0 heterocycles. The Bertz CT molecular complexity index is 490. The van der Waals surface area contributed by atoms with Gasteiger partial charge in [0.05, 0.1) is 0 Å². The number of hydrogen-bond donors (Lipinski definition) is 1. The van der Waals surface area contributed by atoms with Crippen molar-refractivity contribution >= 4 is 11.8 Å². The third kappa shape index (κ3) is 29.4. The summed E-state index contributed by atoms with van der Waals surface area (Å²) < 4.78 is 5.51. The number of carbonyl (C=O) groups excluding carboxylic acids is 2. The minimum atomic E-state index is -0.502. The maximum atomic E-state index is 12.0. The van der Waals surface area contributed by atoms with Gasteiger partial charge in [0.15, 0.2) is 0 Å². The Balaban J connectivity index is -0.000000433. The Labute approximate surface area is 220 Å². The van der Waals surface area contributed by atoms with Crippen molar-refractivity contribution in [1.29, 1.82) is 0 Å². The average molecular weight is 462 g/mol. The van der Waals surface area contributed by atoms with Gasteiger partial charge in [-0.25, -0.2) is 0 Å². The Morgan fingerprint density at radius 1 is 0.939 bits per heavy atom. The van der Waals surface area contributed by atoms with Crippen LogP contribution < -0.4 is 24.2 Å². The van der Waals surface area contributed by atoms with Crippen molar-refractivity contribution in [1.82, 2.24) is 5.32 Å². The van der Waals surface area contributed by atoms with Gasteiger partial charge in [0.1, 0.15) is 17.8 Å². The molecule has 0 radical (unpaired) electrons. The molecule has 1 atom stereocenters. The third-order valence-corrected chi connectivity index (χ3v) is 5.30. The molecule has 33 heavy (non-hydrogen) atoms. The van der Waals surface area contributed by atoms with Crippen molar-refractivity contribution in [3.05, 3.63) is 12.7 Å². The zero-order chi connectivity index (χ0) is 25.0. The molecule has 192 valence electrons. The molecular weight excluding hydrogens is 405 g/mol. The van der Waals surface area contributed by atoms with E-state index in [9.17, 15) is 9.59 Å². The summed E-state index contributed by atoms with van der Waals surface area (Å²) in [6, 6.07) is 1.25. The molecule has 4 nitrogen and oxygen atoms in total. The van der Waals surface area contributed by atoms with Crippen LogP contribution in [-0.4, -0.2) is 29.4 Å². The molecule has 0 aliphatic carbocycles. The largest absolute Gasteiger partial charge is 1.00 e. The summed E-state index contributed by atoms with van der Waals surface area (Å²) in [7, 11) is 0. The molecule has 0 amide bonds. The number of esters is 1. The molecule has 0 aromatic rings. The van der Waals surface area contributed by atoms with Crippen LogP contribution in [0.15, 0.2) is 12.7 Å². The molecule has 0 saturated carbocycles. The van der Waals surface area contributed by atoms with Crippen LogP contribution in [-0.2, 0) is 14.3 Å². The Morgan fingerprint density at radius 2 is 1.45 bits per heavy atom. The monoisotopic (exact) mass is 461 g/mol. The van der Waals surface area contributed by atoms with Crippen molar-refractivity contribution in [2.24, 2.45) is 5.92 Å². The fourth-order valence-corrected chi connectivity index (χ4v) is 3.56. The van der Waals surface area contributed by atoms with E-state index in [1.165, 1.54) is 32.1 Å². The number of allylic oxidation sites excluding steroid dienone is 1. The number of unbranched alkanes of at least 4 members (excludes halogenated alkanes) is 6. The Hall–Kier alpha value is -0.563. The summed E-state index contributed by atoms with van der Waals surface area (Å²) in [5.41, 5.74) is -0.502. The van der Waals surface area contributed by atoms with Gasteiger partial charge in [-0.15, -0.1) is 6.58 Å². The number of Topliss-reactive ketones (excluding diaryl/α,β-unsaturated/α-hetero) is 1. The molecule has 0 aliphatic heterocycles. The first-order valence-corrected chi connectivity index (χ1v) is 13.1. The molecule has 1 unspecified atom stereocenters. The molecule has 0 aromatic heterocycles. The first kappa shape index (κ1) is 37.0. The van der Waals surface area contributed by atoms with Gasteiger partial charge in [-0.1, -0.05) is 86.1 Å². The quantitative estimate of drug-likeness (QED) is 0.104. The predicted molar refractivity (Wildman–Crippen MR) is 140 cm³/mol.